The molecule has 0 spiro atoms. The Morgan fingerprint density at radius 2 is 1.86 bits per heavy atom. The first kappa shape index (κ1) is 21.0. The van der Waals surface area contributed by atoms with Crippen LogP contribution in [0.2, 0.25) is 0 Å². The van der Waals surface area contributed by atoms with Gasteiger partial charge >= 0.3 is 0 Å². The third-order valence-electron chi connectivity index (χ3n) is 4.08. The number of pyridine rings is 1. The van der Waals surface area contributed by atoms with E-state index >= 15 is 0 Å². The summed E-state index contributed by atoms with van der Waals surface area (Å²) in [5, 5.41) is 5.95. The number of hydrogen-bond donors (Lipinski definition) is 2. The van der Waals surface area contributed by atoms with Crippen LogP contribution >= 0.6 is 28.1 Å². The molecule has 0 aliphatic carbocycles. The Balaban J connectivity index is 1.58. The van der Waals surface area contributed by atoms with Gasteiger partial charge in [-0.25, -0.2) is 0 Å². The van der Waals surface area contributed by atoms with Crippen LogP contribution in [0.1, 0.15) is 21.5 Å². The molecule has 1 aromatic heterocycles. The van der Waals surface area contributed by atoms with E-state index in [1.165, 1.54) is 5.56 Å². The van der Waals surface area contributed by atoms with Crippen LogP contribution in [-0.2, 0) is 13.0 Å². The number of benzene rings is 2. The van der Waals surface area contributed by atoms with Gasteiger partial charge in [-0.3, -0.25) is 15.1 Å². The number of halogens is 1. The molecule has 0 unspecified atom stereocenters. The zero-order valence-electron chi connectivity index (χ0n) is 15.6. The fourth-order valence-electron chi connectivity index (χ4n) is 2.63. The smallest absolute Gasteiger partial charge is 0.261 e. The summed E-state index contributed by atoms with van der Waals surface area (Å²) in [5.41, 5.74) is 2.56. The lowest BCUT2D eigenvalue weighted by Gasteiger charge is -2.13. The van der Waals surface area contributed by atoms with Crippen LogP contribution in [0.4, 0.5) is 0 Å². The van der Waals surface area contributed by atoms with Gasteiger partial charge in [0.25, 0.3) is 5.91 Å². The summed E-state index contributed by atoms with van der Waals surface area (Å²) < 4.78 is 6.66. The minimum absolute atomic E-state index is 0.245. The van der Waals surface area contributed by atoms with E-state index in [0.29, 0.717) is 24.5 Å². The van der Waals surface area contributed by atoms with E-state index in [1.54, 1.807) is 24.5 Å². The Labute approximate surface area is 183 Å². The lowest BCUT2D eigenvalue weighted by atomic mass is 10.1. The Morgan fingerprint density at radius 1 is 1.07 bits per heavy atom. The maximum atomic E-state index is 12.7. The largest absolute Gasteiger partial charge is 0.492 e. The maximum Gasteiger partial charge on any atom is 0.261 e. The molecule has 7 heteroatoms. The molecule has 2 aromatic carbocycles. The second kappa shape index (κ2) is 10.7. The van der Waals surface area contributed by atoms with Crippen molar-refractivity contribution < 1.29 is 9.53 Å². The molecule has 2 N–H and O–H groups in total. The van der Waals surface area contributed by atoms with Crippen molar-refractivity contribution in [3.8, 4) is 5.75 Å². The zero-order valence-corrected chi connectivity index (χ0v) is 18.0. The van der Waals surface area contributed by atoms with Crippen LogP contribution < -0.4 is 15.4 Å². The van der Waals surface area contributed by atoms with Crippen molar-refractivity contribution in [1.82, 2.24) is 15.6 Å². The van der Waals surface area contributed by atoms with Crippen LogP contribution in [0.3, 0.4) is 0 Å². The van der Waals surface area contributed by atoms with Gasteiger partial charge in [0.1, 0.15) is 5.75 Å². The van der Waals surface area contributed by atoms with Gasteiger partial charge < -0.3 is 10.1 Å². The lowest BCUT2D eigenvalue weighted by Crippen LogP contribution is -2.39. The first-order valence-electron chi connectivity index (χ1n) is 9.06. The second-order valence-corrected chi connectivity index (χ2v) is 7.55. The number of amides is 1. The number of aromatic nitrogens is 1. The van der Waals surface area contributed by atoms with Crippen molar-refractivity contribution in [3.05, 3.63) is 94.2 Å². The molecule has 0 aliphatic heterocycles. The van der Waals surface area contributed by atoms with Gasteiger partial charge in [-0.1, -0.05) is 52.3 Å². The predicted octanol–water partition coefficient (Wildman–Crippen LogP) is 4.27. The Bertz CT molecular complexity index is 968. The van der Waals surface area contributed by atoms with Crippen molar-refractivity contribution in [3.63, 3.8) is 0 Å². The van der Waals surface area contributed by atoms with E-state index in [4.69, 9.17) is 17.0 Å². The van der Waals surface area contributed by atoms with Crippen molar-refractivity contribution in [2.75, 3.05) is 6.61 Å². The maximum absolute atomic E-state index is 12.7. The monoisotopic (exact) mass is 469 g/mol. The molecule has 0 atom stereocenters. The van der Waals surface area contributed by atoms with Gasteiger partial charge in [0, 0.05) is 29.8 Å². The molecule has 0 bridgehead atoms. The molecule has 3 aromatic rings. The summed E-state index contributed by atoms with van der Waals surface area (Å²) in [6, 6.07) is 19.2. The van der Waals surface area contributed by atoms with Crippen LogP contribution in [0.15, 0.2) is 77.5 Å². The third kappa shape index (κ3) is 6.66. The molecule has 1 amide bonds. The van der Waals surface area contributed by atoms with E-state index < -0.39 is 0 Å². The van der Waals surface area contributed by atoms with E-state index in [-0.39, 0.29) is 11.0 Å². The highest BCUT2D eigenvalue weighted by Crippen LogP contribution is 2.23. The standard InChI is InChI=1S/C22H20BrN3O2S/c23-18-8-9-20(28-12-10-16-5-2-1-3-6-16)19(13-18)21(27)26-22(29)25-15-17-7-4-11-24-14-17/h1-9,11,13-14H,10,12,15H2,(H2,25,26,27,29). The molecular weight excluding hydrogens is 450 g/mol. The third-order valence-corrected chi connectivity index (χ3v) is 4.82. The second-order valence-electron chi connectivity index (χ2n) is 6.22. The molecule has 1 heterocycles. The van der Waals surface area contributed by atoms with E-state index in [0.717, 1.165) is 16.5 Å². The molecule has 0 radical (unpaired) electrons. The molecule has 148 valence electrons. The summed E-state index contributed by atoms with van der Waals surface area (Å²) in [6.45, 7) is 0.946. The van der Waals surface area contributed by atoms with E-state index in [2.05, 4.69) is 31.5 Å². The summed E-state index contributed by atoms with van der Waals surface area (Å²) in [4.78, 5) is 16.8. The SMILES string of the molecule is O=C(NC(=S)NCc1cccnc1)c1cc(Br)ccc1OCCc1ccccc1. The van der Waals surface area contributed by atoms with Gasteiger partial charge in [-0.05, 0) is 47.6 Å². The van der Waals surface area contributed by atoms with Crippen molar-refractivity contribution >= 4 is 39.2 Å². The summed E-state index contributed by atoms with van der Waals surface area (Å²) in [5.74, 6) is 0.182. The van der Waals surface area contributed by atoms with E-state index in [1.807, 2.05) is 48.5 Å². The Hall–Kier alpha value is -2.77. The Kier molecular flexibility index (Phi) is 7.72. The van der Waals surface area contributed by atoms with Gasteiger partial charge in [0.2, 0.25) is 0 Å². The minimum atomic E-state index is -0.329. The molecular formula is C22H20BrN3O2S. The first-order valence-corrected chi connectivity index (χ1v) is 10.3. The van der Waals surface area contributed by atoms with Gasteiger partial charge in [0.15, 0.2) is 5.11 Å². The van der Waals surface area contributed by atoms with Gasteiger partial charge in [0.05, 0.1) is 12.2 Å². The molecule has 3 rings (SSSR count). The van der Waals surface area contributed by atoms with Crippen molar-refractivity contribution in [1.29, 1.82) is 0 Å². The highest BCUT2D eigenvalue weighted by atomic mass is 79.9. The van der Waals surface area contributed by atoms with Crippen LogP contribution in [-0.4, -0.2) is 22.6 Å². The molecule has 0 saturated carbocycles. The van der Waals surface area contributed by atoms with Crippen LogP contribution in [0.5, 0.6) is 5.75 Å². The highest BCUT2D eigenvalue weighted by Gasteiger charge is 2.15. The van der Waals surface area contributed by atoms with E-state index in [9.17, 15) is 4.79 Å². The lowest BCUT2D eigenvalue weighted by molar-refractivity contribution is 0.0972. The fraction of sp³-hybridized carbons (Fsp3) is 0.136. The average Bonchev–Trinajstić information content (AvgIpc) is 2.75. The van der Waals surface area contributed by atoms with Crippen molar-refractivity contribution in [2.24, 2.45) is 0 Å². The molecule has 0 aliphatic rings. The molecule has 29 heavy (non-hydrogen) atoms. The van der Waals surface area contributed by atoms with Crippen LogP contribution in [0.25, 0.3) is 0 Å². The number of nitrogens with zero attached hydrogens (tertiary/aromatic N) is 1. The first-order chi connectivity index (χ1) is 14.1. The topological polar surface area (TPSA) is 63.2 Å². The summed E-state index contributed by atoms with van der Waals surface area (Å²) in [6.07, 6.45) is 4.20. The number of rotatable bonds is 7. The van der Waals surface area contributed by atoms with Gasteiger partial charge in [-0.2, -0.15) is 0 Å². The molecule has 5 nitrogen and oxygen atoms in total. The predicted molar refractivity (Wildman–Crippen MR) is 121 cm³/mol. The summed E-state index contributed by atoms with van der Waals surface area (Å²) >= 11 is 8.65. The number of thiocarbonyl (C=S) groups is 1. The van der Waals surface area contributed by atoms with Crippen molar-refractivity contribution in [2.45, 2.75) is 13.0 Å². The number of hydrogen-bond acceptors (Lipinski definition) is 4. The Morgan fingerprint density at radius 3 is 2.62 bits per heavy atom. The number of carbonyl (C=O) groups is 1. The summed E-state index contributed by atoms with van der Waals surface area (Å²) in [7, 11) is 0. The number of ether oxygens (including phenoxy) is 1. The molecule has 0 fully saturated rings. The van der Waals surface area contributed by atoms with Crippen LogP contribution in [0, 0.1) is 0 Å². The normalized spacial score (nSPS) is 10.2. The minimum Gasteiger partial charge on any atom is -0.492 e. The van der Waals surface area contributed by atoms with Gasteiger partial charge in [-0.15, -0.1) is 0 Å². The fourth-order valence-corrected chi connectivity index (χ4v) is 3.15. The molecule has 0 saturated heterocycles. The highest BCUT2D eigenvalue weighted by molar-refractivity contribution is 9.10. The number of nitrogens with one attached hydrogen (secondary N) is 2. The zero-order chi connectivity index (χ0) is 20.5. The average molecular weight is 470 g/mol. The quantitative estimate of drug-likeness (QED) is 0.505. The number of carbonyl (C=O) groups excluding carboxylic acids is 1.